The molecule has 120 valence electrons. The van der Waals surface area contributed by atoms with E-state index in [1.54, 1.807) is 13.3 Å². The number of aryl methyl sites for hydroxylation is 2. The lowest BCUT2D eigenvalue weighted by atomic mass is 10.1. The lowest BCUT2D eigenvalue weighted by Gasteiger charge is -2.13. The summed E-state index contributed by atoms with van der Waals surface area (Å²) in [7, 11) is 1.64. The zero-order valence-corrected chi connectivity index (χ0v) is 14.5. The molecule has 1 atom stereocenters. The minimum absolute atomic E-state index is 0.307. The molecule has 6 heteroatoms. The van der Waals surface area contributed by atoms with Crippen molar-refractivity contribution in [3.05, 3.63) is 46.8 Å². The Morgan fingerprint density at radius 2 is 2.04 bits per heavy atom. The van der Waals surface area contributed by atoms with Crippen LogP contribution in [0, 0.1) is 20.8 Å². The number of aromatic nitrogens is 3. The van der Waals surface area contributed by atoms with E-state index >= 15 is 0 Å². The number of hydrogen-bond donors (Lipinski definition) is 1. The monoisotopic (exact) mass is 329 g/mol. The molecule has 0 spiro atoms. The molecule has 0 unspecified atom stereocenters. The molecule has 23 heavy (non-hydrogen) atoms. The van der Waals surface area contributed by atoms with E-state index in [2.05, 4.69) is 15.0 Å². The van der Waals surface area contributed by atoms with E-state index in [4.69, 9.17) is 4.74 Å². The first kappa shape index (κ1) is 15.8. The Morgan fingerprint density at radius 1 is 1.26 bits per heavy atom. The van der Waals surface area contributed by atoms with Gasteiger partial charge in [-0.3, -0.25) is 9.97 Å². The maximum Gasteiger partial charge on any atom is 0.322 e. The number of fused-ring (bicyclic) bond motifs is 1. The molecule has 3 rings (SSSR count). The van der Waals surface area contributed by atoms with E-state index in [0.717, 1.165) is 39.2 Å². The fourth-order valence-electron chi connectivity index (χ4n) is 2.61. The van der Waals surface area contributed by atoms with E-state index in [-0.39, 0.29) is 0 Å². The van der Waals surface area contributed by atoms with Crippen molar-refractivity contribution in [2.45, 2.75) is 31.7 Å². The number of aromatic amines is 1. The number of H-pyrrole nitrogens is 1. The predicted molar refractivity (Wildman–Crippen MR) is 91.2 cm³/mol. The van der Waals surface area contributed by atoms with Gasteiger partial charge in [-0.2, -0.15) is 4.98 Å². The van der Waals surface area contributed by atoms with Crippen LogP contribution in [0.2, 0.25) is 0 Å². The van der Waals surface area contributed by atoms with E-state index in [1.807, 2.05) is 39.0 Å². The molecular weight excluding hydrogens is 310 g/mol. The number of nitrogens with one attached hydrogen (secondary N) is 1. The third kappa shape index (κ3) is 3.04. The normalized spacial score (nSPS) is 12.6. The summed E-state index contributed by atoms with van der Waals surface area (Å²) in [5, 5.41) is 0.478. The SMILES string of the molecule is COc1c(C)cnc(C[S@+]([O-])c2nc3cc(C)ccc3[nH]2)c1C. The molecule has 0 bridgehead atoms. The van der Waals surface area contributed by atoms with Crippen molar-refractivity contribution in [3.8, 4) is 5.75 Å². The average molecular weight is 329 g/mol. The largest absolute Gasteiger partial charge is 0.609 e. The van der Waals surface area contributed by atoms with Gasteiger partial charge in [0.15, 0.2) is 5.75 Å². The van der Waals surface area contributed by atoms with E-state index in [1.165, 1.54) is 0 Å². The number of imidazole rings is 1. The van der Waals surface area contributed by atoms with E-state index < -0.39 is 11.2 Å². The van der Waals surface area contributed by atoms with Crippen molar-refractivity contribution in [2.24, 2.45) is 0 Å². The number of methoxy groups -OCH3 is 1. The molecule has 0 radical (unpaired) electrons. The molecule has 5 nitrogen and oxygen atoms in total. The molecule has 0 saturated heterocycles. The number of rotatable bonds is 4. The Balaban J connectivity index is 1.90. The topological polar surface area (TPSA) is 73.9 Å². The van der Waals surface area contributed by atoms with Gasteiger partial charge in [-0.05, 0) is 38.5 Å². The summed E-state index contributed by atoms with van der Waals surface area (Å²) in [6, 6.07) is 5.94. The molecule has 0 amide bonds. The van der Waals surface area contributed by atoms with Gasteiger partial charge in [0.05, 0.1) is 23.8 Å². The Bertz CT molecular complexity index is 860. The summed E-state index contributed by atoms with van der Waals surface area (Å²) in [6.45, 7) is 5.89. The van der Waals surface area contributed by atoms with Crippen molar-refractivity contribution < 1.29 is 9.29 Å². The molecule has 0 saturated carbocycles. The summed E-state index contributed by atoms with van der Waals surface area (Å²) in [4.78, 5) is 12.0. The maximum absolute atomic E-state index is 12.6. The lowest BCUT2D eigenvalue weighted by molar-refractivity contribution is 0.407. The fourth-order valence-corrected chi connectivity index (χ4v) is 3.71. The van der Waals surface area contributed by atoms with Crippen LogP contribution in [-0.4, -0.2) is 26.6 Å². The Hall–Kier alpha value is -2.05. The quantitative estimate of drug-likeness (QED) is 0.746. The van der Waals surface area contributed by atoms with Crippen LogP contribution < -0.4 is 4.74 Å². The van der Waals surface area contributed by atoms with Crippen LogP contribution >= 0.6 is 0 Å². The number of ether oxygens (including phenoxy) is 1. The molecule has 2 heterocycles. The molecule has 0 aliphatic rings. The highest BCUT2D eigenvalue weighted by Crippen LogP contribution is 2.26. The first-order valence-electron chi connectivity index (χ1n) is 7.33. The van der Waals surface area contributed by atoms with Crippen molar-refractivity contribution in [1.29, 1.82) is 0 Å². The van der Waals surface area contributed by atoms with Gasteiger partial charge in [-0.1, -0.05) is 6.07 Å². The zero-order valence-electron chi connectivity index (χ0n) is 13.6. The van der Waals surface area contributed by atoms with Crippen molar-refractivity contribution in [1.82, 2.24) is 15.0 Å². The third-order valence-electron chi connectivity index (χ3n) is 3.85. The van der Waals surface area contributed by atoms with Crippen LogP contribution in [-0.2, 0) is 16.9 Å². The van der Waals surface area contributed by atoms with Crippen LogP contribution in [0.4, 0.5) is 0 Å². The first-order valence-corrected chi connectivity index (χ1v) is 8.65. The van der Waals surface area contributed by atoms with Crippen LogP contribution in [0.25, 0.3) is 11.0 Å². The lowest BCUT2D eigenvalue weighted by Crippen LogP contribution is -2.10. The van der Waals surface area contributed by atoms with Gasteiger partial charge in [0.2, 0.25) is 0 Å². The molecular formula is C17H19N3O2S. The highest BCUT2D eigenvalue weighted by molar-refractivity contribution is 7.90. The fraction of sp³-hybridized carbons (Fsp3) is 0.294. The summed E-state index contributed by atoms with van der Waals surface area (Å²) in [5.41, 5.74) is 5.51. The van der Waals surface area contributed by atoms with Gasteiger partial charge in [-0.15, -0.1) is 0 Å². The third-order valence-corrected chi connectivity index (χ3v) is 5.01. The molecule has 0 aliphatic carbocycles. The standard InChI is InChI=1S/C17H19N3O2S/c1-10-5-6-13-14(7-10)20-17(19-13)23(21)9-15-12(3)16(22-4)11(2)8-18-15/h5-8H,9H2,1-4H3,(H,19,20)/t23-/m0/s1. The van der Waals surface area contributed by atoms with Gasteiger partial charge in [-0.25, -0.2) is 0 Å². The molecule has 2 aromatic heterocycles. The van der Waals surface area contributed by atoms with Crippen LogP contribution in [0.3, 0.4) is 0 Å². The van der Waals surface area contributed by atoms with Crippen molar-refractivity contribution in [2.75, 3.05) is 7.11 Å². The van der Waals surface area contributed by atoms with Crippen LogP contribution in [0.15, 0.2) is 29.6 Å². The van der Waals surface area contributed by atoms with Crippen molar-refractivity contribution in [3.63, 3.8) is 0 Å². The van der Waals surface area contributed by atoms with Gasteiger partial charge in [0.1, 0.15) is 5.75 Å². The number of nitrogens with zero attached hydrogens (tertiary/aromatic N) is 2. The van der Waals surface area contributed by atoms with Crippen molar-refractivity contribution >= 4 is 22.2 Å². The Labute approximate surface area is 138 Å². The Kier molecular flexibility index (Phi) is 4.28. The van der Waals surface area contributed by atoms with Gasteiger partial charge in [0, 0.05) is 28.5 Å². The minimum atomic E-state index is -1.29. The molecule has 1 aromatic carbocycles. The Morgan fingerprint density at radius 3 is 2.78 bits per heavy atom. The highest BCUT2D eigenvalue weighted by Gasteiger charge is 2.21. The van der Waals surface area contributed by atoms with Gasteiger partial charge in [0.25, 0.3) is 0 Å². The summed E-state index contributed by atoms with van der Waals surface area (Å²) in [6.07, 6.45) is 1.75. The second-order valence-electron chi connectivity index (χ2n) is 5.60. The van der Waals surface area contributed by atoms with Crippen LogP contribution in [0.5, 0.6) is 5.75 Å². The molecule has 1 N–H and O–H groups in total. The average Bonchev–Trinajstić information content (AvgIpc) is 2.93. The first-order chi connectivity index (χ1) is 11.0. The van der Waals surface area contributed by atoms with Crippen LogP contribution in [0.1, 0.15) is 22.4 Å². The number of pyridine rings is 1. The van der Waals surface area contributed by atoms with Gasteiger partial charge >= 0.3 is 5.16 Å². The summed E-state index contributed by atoms with van der Waals surface area (Å²) < 4.78 is 18.0. The number of hydrogen-bond acceptors (Lipinski definition) is 4. The van der Waals surface area contributed by atoms with Gasteiger partial charge < -0.3 is 9.29 Å². The minimum Gasteiger partial charge on any atom is -0.609 e. The summed E-state index contributed by atoms with van der Waals surface area (Å²) in [5.74, 6) is 1.11. The second kappa shape index (κ2) is 6.22. The van der Waals surface area contributed by atoms with E-state index in [0.29, 0.717) is 10.9 Å². The molecule has 0 fully saturated rings. The number of benzene rings is 1. The summed E-state index contributed by atoms with van der Waals surface area (Å²) >= 11 is -1.29. The second-order valence-corrected chi connectivity index (χ2v) is 6.96. The molecule has 3 aromatic rings. The zero-order chi connectivity index (χ0) is 16.6. The highest BCUT2D eigenvalue weighted by atomic mass is 32.2. The smallest absolute Gasteiger partial charge is 0.322 e. The maximum atomic E-state index is 12.6. The predicted octanol–water partition coefficient (Wildman–Crippen LogP) is 3.20. The molecule has 0 aliphatic heterocycles. The van der Waals surface area contributed by atoms with E-state index in [9.17, 15) is 4.55 Å².